The van der Waals surface area contributed by atoms with Crippen LogP contribution in [-0.4, -0.2) is 36.7 Å². The number of aromatic nitrogens is 1. The quantitative estimate of drug-likeness (QED) is 0.866. The van der Waals surface area contributed by atoms with Gasteiger partial charge in [-0.05, 0) is 37.0 Å². The zero-order valence-corrected chi connectivity index (χ0v) is 14.0. The summed E-state index contributed by atoms with van der Waals surface area (Å²) in [6, 6.07) is 5.77. The third-order valence-corrected chi connectivity index (χ3v) is 5.18. The van der Waals surface area contributed by atoms with Crippen LogP contribution in [0.15, 0.2) is 23.6 Å². The first-order valence-electron chi connectivity index (χ1n) is 8.11. The molecule has 1 unspecified atom stereocenters. The fraction of sp³-hybridized carbons (Fsp3) is 0.412. The molecule has 1 aromatic heterocycles. The predicted octanol–water partition coefficient (Wildman–Crippen LogP) is 2.05. The molecule has 1 fully saturated rings. The van der Waals surface area contributed by atoms with Gasteiger partial charge in [0.15, 0.2) is 11.5 Å². The summed E-state index contributed by atoms with van der Waals surface area (Å²) < 4.78 is 11.1. The van der Waals surface area contributed by atoms with Crippen molar-refractivity contribution in [1.82, 2.24) is 10.3 Å². The zero-order valence-electron chi connectivity index (χ0n) is 13.2. The van der Waals surface area contributed by atoms with Crippen molar-refractivity contribution < 1.29 is 14.3 Å². The zero-order chi connectivity index (χ0) is 16.5. The van der Waals surface area contributed by atoms with E-state index in [1.807, 2.05) is 18.2 Å². The molecule has 0 saturated heterocycles. The standard InChI is InChI=1S/C17H19N3O3S/c18-8-12(10-1-2-10)19-16(21)13-9-24-17(20-13)11-3-4-14-15(7-11)23-6-5-22-14/h3-4,7,9-10,12H,1-2,5-6,8,18H2,(H,19,21). The number of thiazole rings is 1. The van der Waals surface area contributed by atoms with Crippen LogP contribution in [-0.2, 0) is 0 Å². The van der Waals surface area contributed by atoms with E-state index in [0.29, 0.717) is 31.4 Å². The molecule has 4 rings (SSSR count). The SMILES string of the molecule is NCC(NC(=O)c1csc(-c2ccc3c(c2)OCCO3)n1)C1CC1. The maximum absolute atomic E-state index is 12.4. The second-order valence-corrected chi connectivity index (χ2v) is 6.91. The average Bonchev–Trinajstić information content (AvgIpc) is 3.34. The molecule has 1 saturated carbocycles. The maximum Gasteiger partial charge on any atom is 0.271 e. The topological polar surface area (TPSA) is 86.5 Å². The van der Waals surface area contributed by atoms with Crippen LogP contribution in [0.5, 0.6) is 11.5 Å². The van der Waals surface area contributed by atoms with Gasteiger partial charge in [0.25, 0.3) is 5.91 Å². The number of benzene rings is 1. The van der Waals surface area contributed by atoms with Gasteiger partial charge in [0.2, 0.25) is 0 Å². The average molecular weight is 345 g/mol. The molecule has 24 heavy (non-hydrogen) atoms. The van der Waals surface area contributed by atoms with Crippen LogP contribution in [0.3, 0.4) is 0 Å². The molecule has 6 nitrogen and oxygen atoms in total. The van der Waals surface area contributed by atoms with Crippen LogP contribution in [0, 0.1) is 5.92 Å². The monoisotopic (exact) mass is 345 g/mol. The first-order valence-corrected chi connectivity index (χ1v) is 8.99. The molecule has 0 radical (unpaired) electrons. The van der Waals surface area contributed by atoms with Gasteiger partial charge in [-0.1, -0.05) is 0 Å². The molecule has 7 heteroatoms. The summed E-state index contributed by atoms with van der Waals surface area (Å²) in [5.41, 5.74) is 7.09. The number of nitrogens with two attached hydrogens (primary N) is 1. The number of hydrogen-bond acceptors (Lipinski definition) is 6. The normalized spacial score (nSPS) is 17.4. The molecule has 2 heterocycles. The first kappa shape index (κ1) is 15.4. The Morgan fingerprint density at radius 2 is 2.12 bits per heavy atom. The van der Waals surface area contributed by atoms with Crippen LogP contribution >= 0.6 is 11.3 Å². The molecular weight excluding hydrogens is 326 g/mol. The molecule has 1 atom stereocenters. The molecule has 0 bridgehead atoms. The molecule has 2 aromatic rings. The Hall–Kier alpha value is -2.12. The van der Waals surface area contributed by atoms with E-state index < -0.39 is 0 Å². The molecule has 0 spiro atoms. The summed E-state index contributed by atoms with van der Waals surface area (Å²) in [5, 5.41) is 5.56. The number of ether oxygens (including phenoxy) is 2. The van der Waals surface area contributed by atoms with Gasteiger partial charge in [-0.2, -0.15) is 0 Å². The van der Waals surface area contributed by atoms with Crippen LogP contribution < -0.4 is 20.5 Å². The lowest BCUT2D eigenvalue weighted by Crippen LogP contribution is -2.41. The lowest BCUT2D eigenvalue weighted by molar-refractivity contribution is 0.0929. The summed E-state index contributed by atoms with van der Waals surface area (Å²) in [7, 11) is 0. The molecule has 1 aliphatic heterocycles. The van der Waals surface area contributed by atoms with Crippen LogP contribution in [0.1, 0.15) is 23.3 Å². The van der Waals surface area contributed by atoms with E-state index in [4.69, 9.17) is 15.2 Å². The van der Waals surface area contributed by atoms with Crippen molar-refractivity contribution in [2.75, 3.05) is 19.8 Å². The number of carbonyl (C=O) groups is 1. The Morgan fingerprint density at radius 1 is 1.33 bits per heavy atom. The van der Waals surface area contributed by atoms with E-state index >= 15 is 0 Å². The largest absolute Gasteiger partial charge is 0.486 e. The molecular formula is C17H19N3O3S. The van der Waals surface area contributed by atoms with Crippen LogP contribution in [0.2, 0.25) is 0 Å². The van der Waals surface area contributed by atoms with Gasteiger partial charge in [-0.25, -0.2) is 4.98 Å². The Kier molecular flexibility index (Phi) is 4.12. The second-order valence-electron chi connectivity index (χ2n) is 6.05. The molecule has 2 aliphatic rings. The van der Waals surface area contributed by atoms with Crippen molar-refractivity contribution in [2.45, 2.75) is 18.9 Å². The van der Waals surface area contributed by atoms with Gasteiger partial charge in [-0.3, -0.25) is 4.79 Å². The van der Waals surface area contributed by atoms with Crippen molar-refractivity contribution in [3.05, 3.63) is 29.3 Å². The third kappa shape index (κ3) is 3.09. The van der Waals surface area contributed by atoms with E-state index in [9.17, 15) is 4.79 Å². The van der Waals surface area contributed by atoms with Crippen molar-refractivity contribution >= 4 is 17.2 Å². The minimum Gasteiger partial charge on any atom is -0.486 e. The minimum atomic E-state index is -0.155. The van der Waals surface area contributed by atoms with Gasteiger partial charge in [0.1, 0.15) is 23.9 Å². The van der Waals surface area contributed by atoms with Crippen LogP contribution in [0.4, 0.5) is 0 Å². The number of hydrogen-bond donors (Lipinski definition) is 2. The Morgan fingerprint density at radius 3 is 2.88 bits per heavy atom. The third-order valence-electron chi connectivity index (χ3n) is 4.29. The number of rotatable bonds is 5. The van der Waals surface area contributed by atoms with E-state index in [2.05, 4.69) is 10.3 Å². The Bertz CT molecular complexity index is 757. The second kappa shape index (κ2) is 6.41. The summed E-state index contributed by atoms with van der Waals surface area (Å²) in [6.45, 7) is 1.58. The number of fused-ring (bicyclic) bond motifs is 1. The molecule has 3 N–H and O–H groups in total. The van der Waals surface area contributed by atoms with Gasteiger partial charge in [-0.15, -0.1) is 11.3 Å². The van der Waals surface area contributed by atoms with E-state index in [0.717, 1.165) is 34.9 Å². The first-order chi connectivity index (χ1) is 11.7. The number of carbonyl (C=O) groups excluding carboxylic acids is 1. The predicted molar refractivity (Wildman–Crippen MR) is 91.6 cm³/mol. The fourth-order valence-corrected chi connectivity index (χ4v) is 3.59. The van der Waals surface area contributed by atoms with Crippen molar-refractivity contribution in [3.8, 4) is 22.1 Å². The molecule has 1 amide bonds. The minimum absolute atomic E-state index is 0.0527. The van der Waals surface area contributed by atoms with Gasteiger partial charge in [0, 0.05) is 23.5 Å². The van der Waals surface area contributed by atoms with Crippen molar-refractivity contribution in [1.29, 1.82) is 0 Å². The summed E-state index contributed by atoms with van der Waals surface area (Å²) >= 11 is 1.44. The highest BCUT2D eigenvalue weighted by atomic mass is 32.1. The Balaban J connectivity index is 1.50. The number of nitrogens with one attached hydrogen (secondary N) is 1. The number of amides is 1. The fourth-order valence-electron chi connectivity index (χ4n) is 2.80. The van der Waals surface area contributed by atoms with Gasteiger partial charge in [0.05, 0.1) is 0 Å². The molecule has 1 aliphatic carbocycles. The van der Waals surface area contributed by atoms with Gasteiger partial charge >= 0.3 is 0 Å². The highest BCUT2D eigenvalue weighted by Gasteiger charge is 2.31. The lowest BCUT2D eigenvalue weighted by atomic mass is 10.2. The van der Waals surface area contributed by atoms with E-state index in [-0.39, 0.29) is 11.9 Å². The van der Waals surface area contributed by atoms with E-state index in [1.54, 1.807) is 5.38 Å². The highest BCUT2D eigenvalue weighted by molar-refractivity contribution is 7.13. The lowest BCUT2D eigenvalue weighted by Gasteiger charge is -2.18. The van der Waals surface area contributed by atoms with Crippen molar-refractivity contribution in [2.24, 2.45) is 11.7 Å². The van der Waals surface area contributed by atoms with Crippen LogP contribution in [0.25, 0.3) is 10.6 Å². The highest BCUT2D eigenvalue weighted by Crippen LogP contribution is 2.35. The van der Waals surface area contributed by atoms with E-state index in [1.165, 1.54) is 11.3 Å². The summed E-state index contributed by atoms with van der Waals surface area (Å²) in [6.07, 6.45) is 2.28. The summed E-state index contributed by atoms with van der Waals surface area (Å²) in [5.74, 6) is 1.83. The number of nitrogens with zero attached hydrogens (tertiary/aromatic N) is 1. The smallest absolute Gasteiger partial charge is 0.271 e. The maximum atomic E-state index is 12.4. The van der Waals surface area contributed by atoms with Crippen molar-refractivity contribution in [3.63, 3.8) is 0 Å². The Labute approximate surface area is 144 Å². The van der Waals surface area contributed by atoms with Gasteiger partial charge < -0.3 is 20.5 Å². The summed E-state index contributed by atoms with van der Waals surface area (Å²) in [4.78, 5) is 16.8. The molecule has 1 aromatic carbocycles. The molecule has 126 valence electrons.